The molecule has 2 N–H and O–H groups in total. The van der Waals surface area contributed by atoms with E-state index in [1.807, 2.05) is 13.8 Å². The molecular formula is C12H16N2O2S. The van der Waals surface area contributed by atoms with Gasteiger partial charge in [0.15, 0.2) is 9.84 Å². The van der Waals surface area contributed by atoms with Crippen molar-refractivity contribution < 1.29 is 8.42 Å². The van der Waals surface area contributed by atoms with Crippen molar-refractivity contribution in [2.45, 2.75) is 24.7 Å². The minimum absolute atomic E-state index is 0.0934. The van der Waals surface area contributed by atoms with Crippen molar-refractivity contribution in [2.75, 3.05) is 12.0 Å². The van der Waals surface area contributed by atoms with Crippen LogP contribution in [-0.4, -0.2) is 14.7 Å². The highest BCUT2D eigenvalue weighted by atomic mass is 32.2. The van der Waals surface area contributed by atoms with Crippen LogP contribution >= 0.6 is 0 Å². The van der Waals surface area contributed by atoms with Crippen LogP contribution in [0.15, 0.2) is 23.1 Å². The Kier molecular flexibility index (Phi) is 3.79. The molecule has 1 aromatic carbocycles. The van der Waals surface area contributed by atoms with Gasteiger partial charge in [-0.25, -0.2) is 8.42 Å². The molecule has 1 atom stereocenters. The molecule has 0 aliphatic rings. The smallest absolute Gasteiger partial charge is 0.177 e. The number of nitriles is 1. The predicted octanol–water partition coefficient (Wildman–Crippen LogP) is 1.94. The average Bonchev–Trinajstić information content (AvgIpc) is 2.19. The number of benzene rings is 1. The van der Waals surface area contributed by atoms with Crippen molar-refractivity contribution in [3.8, 4) is 6.07 Å². The van der Waals surface area contributed by atoms with Crippen molar-refractivity contribution in [3.63, 3.8) is 0 Å². The number of hydrogen-bond acceptors (Lipinski definition) is 4. The molecule has 0 aliphatic carbocycles. The first kappa shape index (κ1) is 13.5. The van der Waals surface area contributed by atoms with Crippen LogP contribution in [0.25, 0.3) is 0 Å². The van der Waals surface area contributed by atoms with E-state index >= 15 is 0 Å². The Morgan fingerprint density at radius 3 is 2.35 bits per heavy atom. The third-order valence-corrected chi connectivity index (χ3v) is 3.75. The Morgan fingerprint density at radius 2 is 1.94 bits per heavy atom. The molecule has 1 unspecified atom stereocenters. The predicted molar refractivity (Wildman–Crippen MR) is 67.2 cm³/mol. The minimum Gasteiger partial charge on any atom is -0.398 e. The maximum atomic E-state index is 11.5. The van der Waals surface area contributed by atoms with E-state index in [0.29, 0.717) is 5.56 Å². The first-order valence-electron chi connectivity index (χ1n) is 5.26. The van der Waals surface area contributed by atoms with Gasteiger partial charge in [-0.1, -0.05) is 19.9 Å². The summed E-state index contributed by atoms with van der Waals surface area (Å²) in [6, 6.07) is 6.93. The van der Waals surface area contributed by atoms with Gasteiger partial charge in [-0.15, -0.1) is 0 Å². The SMILES string of the molecule is CC(C)C(C#N)c1ccc(N)c(S(C)(=O)=O)c1. The minimum atomic E-state index is -3.36. The third kappa shape index (κ3) is 2.98. The van der Waals surface area contributed by atoms with E-state index < -0.39 is 9.84 Å². The quantitative estimate of drug-likeness (QED) is 0.833. The lowest BCUT2D eigenvalue weighted by Gasteiger charge is -2.15. The van der Waals surface area contributed by atoms with Gasteiger partial charge in [0.2, 0.25) is 0 Å². The summed E-state index contributed by atoms with van der Waals surface area (Å²) in [5, 5.41) is 9.08. The van der Waals surface area contributed by atoms with Gasteiger partial charge in [-0.3, -0.25) is 0 Å². The summed E-state index contributed by atoms with van der Waals surface area (Å²) in [5.41, 5.74) is 6.54. The highest BCUT2D eigenvalue weighted by Crippen LogP contribution is 2.28. The van der Waals surface area contributed by atoms with Crippen LogP contribution in [0.1, 0.15) is 25.3 Å². The highest BCUT2D eigenvalue weighted by Gasteiger charge is 2.19. The Hall–Kier alpha value is -1.54. The van der Waals surface area contributed by atoms with Gasteiger partial charge in [0, 0.05) is 6.26 Å². The number of nitrogens with two attached hydrogens (primary N) is 1. The molecule has 0 fully saturated rings. The van der Waals surface area contributed by atoms with Gasteiger partial charge in [-0.2, -0.15) is 5.26 Å². The van der Waals surface area contributed by atoms with Crippen LogP contribution in [0.4, 0.5) is 5.69 Å². The highest BCUT2D eigenvalue weighted by molar-refractivity contribution is 7.90. The summed E-state index contributed by atoms with van der Waals surface area (Å²) >= 11 is 0. The number of nitrogen functional groups attached to an aromatic ring is 1. The first-order valence-corrected chi connectivity index (χ1v) is 7.15. The fourth-order valence-corrected chi connectivity index (χ4v) is 2.52. The zero-order valence-corrected chi connectivity index (χ0v) is 11.0. The Morgan fingerprint density at radius 1 is 1.35 bits per heavy atom. The molecule has 0 aliphatic heterocycles. The molecule has 1 aromatic rings. The molecule has 92 valence electrons. The van der Waals surface area contributed by atoms with Crippen molar-refractivity contribution in [1.29, 1.82) is 5.26 Å². The standard InChI is InChI=1S/C12H16N2O2S/c1-8(2)10(7-13)9-4-5-11(14)12(6-9)17(3,15)16/h4-6,8,10H,14H2,1-3H3. The van der Waals surface area contributed by atoms with Crippen molar-refractivity contribution in [2.24, 2.45) is 5.92 Å². The van der Waals surface area contributed by atoms with Gasteiger partial charge in [0.1, 0.15) is 0 Å². The fourth-order valence-electron chi connectivity index (χ4n) is 1.67. The fraction of sp³-hybridized carbons (Fsp3) is 0.417. The number of rotatable bonds is 3. The molecule has 0 amide bonds. The van der Waals surface area contributed by atoms with E-state index in [0.717, 1.165) is 6.26 Å². The molecule has 0 heterocycles. The van der Waals surface area contributed by atoms with E-state index in [-0.39, 0.29) is 22.4 Å². The molecule has 0 aromatic heterocycles. The van der Waals surface area contributed by atoms with E-state index in [1.165, 1.54) is 6.07 Å². The number of nitrogens with zero attached hydrogens (tertiary/aromatic N) is 1. The van der Waals surface area contributed by atoms with Crippen LogP contribution in [0.5, 0.6) is 0 Å². The maximum Gasteiger partial charge on any atom is 0.177 e. The molecule has 5 heteroatoms. The summed E-state index contributed by atoms with van der Waals surface area (Å²) in [6.07, 6.45) is 1.11. The lowest BCUT2D eigenvalue weighted by atomic mass is 9.90. The average molecular weight is 252 g/mol. The molecule has 4 nitrogen and oxygen atoms in total. The molecule has 0 bridgehead atoms. The molecule has 0 saturated carbocycles. The van der Waals surface area contributed by atoms with E-state index in [4.69, 9.17) is 11.0 Å². The van der Waals surface area contributed by atoms with Crippen LogP contribution in [-0.2, 0) is 9.84 Å². The first-order chi connectivity index (χ1) is 7.77. The second-order valence-corrected chi connectivity index (χ2v) is 6.40. The second-order valence-electron chi connectivity index (χ2n) is 4.42. The molecule has 0 saturated heterocycles. The van der Waals surface area contributed by atoms with Crippen molar-refractivity contribution >= 4 is 15.5 Å². The Balaban J connectivity index is 3.37. The largest absolute Gasteiger partial charge is 0.398 e. The van der Waals surface area contributed by atoms with Gasteiger partial charge in [0.25, 0.3) is 0 Å². The van der Waals surface area contributed by atoms with Crippen molar-refractivity contribution in [1.82, 2.24) is 0 Å². The van der Waals surface area contributed by atoms with E-state index in [2.05, 4.69) is 6.07 Å². The summed E-state index contributed by atoms with van der Waals surface area (Å²) in [7, 11) is -3.36. The molecular weight excluding hydrogens is 236 g/mol. The number of sulfone groups is 1. The molecule has 0 radical (unpaired) electrons. The lowest BCUT2D eigenvalue weighted by molar-refractivity contribution is 0.584. The maximum absolute atomic E-state index is 11.5. The summed E-state index contributed by atoms with van der Waals surface area (Å²) in [6.45, 7) is 3.84. The van der Waals surface area contributed by atoms with Crippen LogP contribution < -0.4 is 5.73 Å². The van der Waals surface area contributed by atoms with Gasteiger partial charge >= 0.3 is 0 Å². The zero-order valence-electron chi connectivity index (χ0n) is 10.1. The second kappa shape index (κ2) is 4.76. The van der Waals surface area contributed by atoms with E-state index in [9.17, 15) is 8.42 Å². The van der Waals surface area contributed by atoms with Crippen LogP contribution in [0, 0.1) is 17.2 Å². The summed E-state index contributed by atoms with van der Waals surface area (Å²) < 4.78 is 23.0. The van der Waals surface area contributed by atoms with Gasteiger partial charge in [0.05, 0.1) is 22.6 Å². The number of anilines is 1. The van der Waals surface area contributed by atoms with E-state index in [1.54, 1.807) is 12.1 Å². The Bertz CT molecular complexity index is 556. The lowest BCUT2D eigenvalue weighted by Crippen LogP contribution is -2.08. The number of hydrogen-bond donors (Lipinski definition) is 1. The topological polar surface area (TPSA) is 83.9 Å². The molecule has 0 spiro atoms. The molecule has 17 heavy (non-hydrogen) atoms. The zero-order chi connectivity index (χ0) is 13.2. The normalized spacial score (nSPS) is 13.4. The molecule has 1 rings (SSSR count). The van der Waals surface area contributed by atoms with Crippen LogP contribution in [0.3, 0.4) is 0 Å². The Labute approximate surface area is 102 Å². The van der Waals surface area contributed by atoms with Crippen LogP contribution in [0.2, 0.25) is 0 Å². The van der Waals surface area contributed by atoms with Crippen molar-refractivity contribution in [3.05, 3.63) is 23.8 Å². The third-order valence-electron chi connectivity index (χ3n) is 2.60. The van der Waals surface area contributed by atoms with Gasteiger partial charge < -0.3 is 5.73 Å². The summed E-state index contributed by atoms with van der Waals surface area (Å²) in [4.78, 5) is 0.0934. The summed E-state index contributed by atoms with van der Waals surface area (Å²) in [5.74, 6) is -0.202. The van der Waals surface area contributed by atoms with Gasteiger partial charge in [-0.05, 0) is 23.6 Å². The monoisotopic (exact) mass is 252 g/mol.